The molecule has 0 aromatic carbocycles. The number of aliphatic carboxylic acids is 2. The summed E-state index contributed by atoms with van der Waals surface area (Å²) < 4.78 is 1.82. The minimum absolute atomic E-state index is 0.139. The van der Waals surface area contributed by atoms with Gasteiger partial charge in [0, 0.05) is 23.0 Å². The molecular weight excluding hydrogens is 394 g/mol. The highest BCUT2D eigenvalue weighted by molar-refractivity contribution is 7.99. The van der Waals surface area contributed by atoms with Crippen LogP contribution >= 0.6 is 11.9 Å². The van der Waals surface area contributed by atoms with Gasteiger partial charge < -0.3 is 31.5 Å². The maximum Gasteiger partial charge on any atom is 0.322 e. The first-order chi connectivity index (χ1) is 13.1. The summed E-state index contributed by atoms with van der Waals surface area (Å²) in [5, 5.41) is 22.3. The summed E-state index contributed by atoms with van der Waals surface area (Å²) in [7, 11) is 1.87. The number of carbonyl (C=O) groups excluding carboxylic acids is 2. The number of nitrogens with one attached hydrogen (secondary N) is 2. The number of amides is 2. The lowest BCUT2D eigenvalue weighted by Gasteiger charge is -2.42. The molecule has 0 saturated carbocycles. The van der Waals surface area contributed by atoms with Gasteiger partial charge in [-0.2, -0.15) is 0 Å². The number of carboxylic acid groups (broad SMARTS) is 2. The number of nitrogens with zero attached hydrogens (tertiary/aromatic N) is 2. The molecule has 1 aliphatic heterocycles. The Kier molecular flexibility index (Phi) is 9.28. The molecule has 1 rings (SSSR count). The minimum Gasteiger partial charge on any atom is -0.480 e. The molecule has 0 aromatic heterocycles. The van der Waals surface area contributed by atoms with Crippen molar-refractivity contribution in [1.29, 1.82) is 0 Å². The van der Waals surface area contributed by atoms with Gasteiger partial charge in [0.05, 0.1) is 4.75 Å². The van der Waals surface area contributed by atoms with E-state index in [4.69, 9.17) is 15.9 Å². The van der Waals surface area contributed by atoms with Crippen molar-refractivity contribution in [2.45, 2.75) is 42.5 Å². The van der Waals surface area contributed by atoms with Crippen LogP contribution in [0.3, 0.4) is 0 Å². The van der Waals surface area contributed by atoms with E-state index in [0.717, 1.165) is 0 Å². The number of rotatable bonds is 11. The van der Waals surface area contributed by atoms with Gasteiger partial charge in [-0.1, -0.05) is 0 Å². The van der Waals surface area contributed by atoms with Gasteiger partial charge in [0.25, 0.3) is 0 Å². The lowest BCUT2D eigenvalue weighted by atomic mass is 9.87. The fourth-order valence-electron chi connectivity index (χ4n) is 2.85. The molecule has 2 unspecified atom stereocenters. The fourth-order valence-corrected chi connectivity index (χ4v) is 3.63. The minimum atomic E-state index is -1.26. The first kappa shape index (κ1) is 23.8. The van der Waals surface area contributed by atoms with E-state index in [1.165, 1.54) is 0 Å². The zero-order valence-corrected chi connectivity index (χ0v) is 16.2. The summed E-state index contributed by atoms with van der Waals surface area (Å²) >= 11 is 0.645. The summed E-state index contributed by atoms with van der Waals surface area (Å²) in [5.74, 6) is -3.89. The van der Waals surface area contributed by atoms with Crippen molar-refractivity contribution < 1.29 is 29.4 Å². The number of nitroso groups, excluding NO2 is 1. The van der Waals surface area contributed by atoms with Crippen molar-refractivity contribution in [2.75, 3.05) is 26.7 Å². The topological polar surface area (TPSA) is 191 Å². The molecule has 6 N–H and O–H groups in total. The number of hydrogen-bond acceptors (Lipinski definition) is 9. The second-order valence-corrected chi connectivity index (χ2v) is 7.77. The predicted molar refractivity (Wildman–Crippen MR) is 100 cm³/mol. The van der Waals surface area contributed by atoms with Crippen LogP contribution in [0.4, 0.5) is 0 Å². The highest BCUT2D eigenvalue weighted by Crippen LogP contribution is 2.40. The first-order valence-corrected chi connectivity index (χ1v) is 9.35. The third-order valence-corrected chi connectivity index (χ3v) is 5.64. The van der Waals surface area contributed by atoms with E-state index >= 15 is 0 Å². The highest BCUT2D eigenvalue weighted by Gasteiger charge is 2.47. The summed E-state index contributed by atoms with van der Waals surface area (Å²) in [6, 6.07) is -2.44. The monoisotopic (exact) mass is 419 g/mol. The lowest BCUT2D eigenvalue weighted by Crippen LogP contribution is -2.61. The van der Waals surface area contributed by atoms with E-state index < -0.39 is 47.1 Å². The fraction of sp³-hybridized carbons (Fsp3) is 0.733. The van der Waals surface area contributed by atoms with Crippen LogP contribution < -0.4 is 16.4 Å². The number of nitrogens with two attached hydrogens (primary N) is 1. The number of hydrogen-bond donors (Lipinski definition) is 5. The first-order valence-electron chi connectivity index (χ1n) is 8.58. The second-order valence-electron chi connectivity index (χ2n) is 6.63. The van der Waals surface area contributed by atoms with E-state index in [1.807, 2.05) is 11.9 Å². The Balaban J connectivity index is 2.97. The van der Waals surface area contributed by atoms with Crippen LogP contribution in [-0.4, -0.2) is 82.4 Å². The molecule has 12 nitrogen and oxygen atoms in total. The Morgan fingerprint density at radius 3 is 2.36 bits per heavy atom. The average Bonchev–Trinajstić information content (AvgIpc) is 2.64. The Hall–Kier alpha value is -2.25. The van der Waals surface area contributed by atoms with Crippen LogP contribution in [0.1, 0.15) is 25.7 Å². The van der Waals surface area contributed by atoms with Gasteiger partial charge in [-0.25, -0.2) is 0 Å². The second kappa shape index (κ2) is 10.9. The van der Waals surface area contributed by atoms with Gasteiger partial charge in [0.15, 0.2) is 0 Å². The zero-order valence-electron chi connectivity index (χ0n) is 15.4. The normalized spacial score (nSPS) is 18.5. The molecule has 0 aromatic rings. The van der Waals surface area contributed by atoms with Crippen molar-refractivity contribution in [2.24, 2.45) is 10.3 Å². The molecule has 1 fully saturated rings. The molecule has 1 heterocycles. The van der Waals surface area contributed by atoms with Gasteiger partial charge in [-0.15, -0.1) is 4.91 Å². The SMILES string of the molecule is CN1CCC(SN=O)(C(NC(=O)CCC(N)C(=O)O)C(=O)NCC(=O)O)CC1. The summed E-state index contributed by atoms with van der Waals surface area (Å²) in [6.45, 7) is 0.445. The molecule has 2 atom stereocenters. The summed E-state index contributed by atoms with van der Waals surface area (Å²) in [5.41, 5.74) is 5.38. The number of carbonyl (C=O) groups is 4. The Morgan fingerprint density at radius 1 is 1.25 bits per heavy atom. The molecule has 1 saturated heterocycles. The molecule has 0 aliphatic carbocycles. The van der Waals surface area contributed by atoms with Crippen molar-refractivity contribution in [3.63, 3.8) is 0 Å². The van der Waals surface area contributed by atoms with Crippen molar-refractivity contribution in [1.82, 2.24) is 15.5 Å². The molecule has 28 heavy (non-hydrogen) atoms. The van der Waals surface area contributed by atoms with Gasteiger partial charge >= 0.3 is 11.9 Å². The zero-order chi connectivity index (χ0) is 21.3. The number of piperidine rings is 1. The van der Waals surface area contributed by atoms with E-state index in [0.29, 0.717) is 37.9 Å². The van der Waals surface area contributed by atoms with E-state index in [-0.39, 0.29) is 12.8 Å². The van der Waals surface area contributed by atoms with Crippen LogP contribution in [-0.2, 0) is 19.2 Å². The Labute approximate surface area is 165 Å². The molecule has 1 aliphatic rings. The smallest absolute Gasteiger partial charge is 0.322 e. The molecule has 13 heteroatoms. The highest BCUT2D eigenvalue weighted by atomic mass is 32.2. The summed E-state index contributed by atoms with van der Waals surface area (Å²) in [4.78, 5) is 59.4. The van der Waals surface area contributed by atoms with Crippen LogP contribution in [0.2, 0.25) is 0 Å². The van der Waals surface area contributed by atoms with Crippen molar-refractivity contribution in [3.8, 4) is 0 Å². The van der Waals surface area contributed by atoms with E-state index in [2.05, 4.69) is 15.2 Å². The molecule has 0 spiro atoms. The Bertz CT molecular complexity index is 610. The van der Waals surface area contributed by atoms with Gasteiger partial charge in [0.2, 0.25) is 11.8 Å². The maximum absolute atomic E-state index is 12.6. The van der Waals surface area contributed by atoms with Crippen LogP contribution in [0.5, 0.6) is 0 Å². The van der Waals surface area contributed by atoms with E-state index in [9.17, 15) is 24.1 Å². The third kappa shape index (κ3) is 7.05. The van der Waals surface area contributed by atoms with Crippen LogP contribution in [0.25, 0.3) is 0 Å². The molecule has 0 bridgehead atoms. The van der Waals surface area contributed by atoms with E-state index in [1.54, 1.807) is 0 Å². The molecule has 0 radical (unpaired) electrons. The molecular formula is C15H25N5O7S. The standard InChI is InChI=1S/C15H25N5O7S/c1-20-6-4-15(5-7-20,28-19-27)12(13(24)17-8-11(22)23)18-10(21)3-2-9(16)14(25)26/h9,12H,2-8,16H2,1H3,(H,17,24)(H,18,21)(H,22,23)(H,25,26). The van der Waals surface area contributed by atoms with Gasteiger partial charge in [-0.3, -0.25) is 19.2 Å². The lowest BCUT2D eigenvalue weighted by molar-refractivity contribution is -0.139. The van der Waals surface area contributed by atoms with Gasteiger partial charge in [0.1, 0.15) is 18.6 Å². The van der Waals surface area contributed by atoms with Crippen LogP contribution in [0.15, 0.2) is 4.58 Å². The molecule has 2 amide bonds. The third-order valence-electron chi connectivity index (χ3n) is 4.56. The maximum atomic E-state index is 12.6. The summed E-state index contributed by atoms with van der Waals surface area (Å²) in [6.07, 6.45) is 0.338. The average molecular weight is 419 g/mol. The van der Waals surface area contributed by atoms with Crippen molar-refractivity contribution >= 4 is 35.7 Å². The number of carboxylic acids is 2. The predicted octanol–water partition coefficient (Wildman–Crippen LogP) is -1.26. The quantitative estimate of drug-likeness (QED) is 0.199. The Morgan fingerprint density at radius 2 is 1.86 bits per heavy atom. The number of likely N-dealkylation sites (tertiary alicyclic amines) is 1. The largest absolute Gasteiger partial charge is 0.480 e. The van der Waals surface area contributed by atoms with Crippen LogP contribution in [0, 0.1) is 4.91 Å². The van der Waals surface area contributed by atoms with Crippen molar-refractivity contribution in [3.05, 3.63) is 4.91 Å². The van der Waals surface area contributed by atoms with Gasteiger partial charge in [-0.05, 0) is 39.4 Å². The molecule has 158 valence electrons.